The van der Waals surface area contributed by atoms with Gasteiger partial charge in [0.05, 0.1) is 0 Å². The number of nitrogens with zero attached hydrogens (tertiary/aromatic N) is 1. The maximum atomic E-state index is 14.0. The number of amides is 2. The maximum Gasteiger partial charge on any atom is 0.255 e. The maximum absolute atomic E-state index is 14.0. The molecule has 1 aliphatic heterocycles. The quantitative estimate of drug-likeness (QED) is 0.534. The van der Waals surface area contributed by atoms with Crippen LogP contribution < -0.4 is 10.1 Å². The average molecular weight is 457 g/mol. The predicted octanol–water partition coefficient (Wildman–Crippen LogP) is 5.17. The van der Waals surface area contributed by atoms with Crippen LogP contribution in [0.4, 0.5) is 0 Å². The summed E-state index contributed by atoms with van der Waals surface area (Å²) in [4.78, 5) is 29.3. The van der Waals surface area contributed by atoms with Crippen molar-refractivity contribution in [3.8, 4) is 5.75 Å². The zero-order chi connectivity index (χ0) is 23.9. The molecule has 2 amide bonds. The SMILES string of the molecule is CC(C)CCNC(=O)C1c2ccccc2OCc2ccccc2C(=O)N1CCc1ccccc1. The Bertz CT molecular complexity index is 1130. The molecule has 34 heavy (non-hydrogen) atoms. The summed E-state index contributed by atoms with van der Waals surface area (Å²) in [5, 5.41) is 3.08. The van der Waals surface area contributed by atoms with Crippen LogP contribution in [0.25, 0.3) is 0 Å². The van der Waals surface area contributed by atoms with E-state index in [1.54, 1.807) is 4.90 Å². The number of carbonyl (C=O) groups is 2. The second-order valence-electron chi connectivity index (χ2n) is 9.09. The zero-order valence-corrected chi connectivity index (χ0v) is 19.9. The average Bonchev–Trinajstić information content (AvgIpc) is 2.90. The minimum Gasteiger partial charge on any atom is -0.489 e. The number of hydrogen-bond acceptors (Lipinski definition) is 3. The summed E-state index contributed by atoms with van der Waals surface area (Å²) in [6.07, 6.45) is 1.52. The first kappa shape index (κ1) is 23.6. The zero-order valence-electron chi connectivity index (χ0n) is 19.9. The summed E-state index contributed by atoms with van der Waals surface area (Å²) in [6, 6.07) is 24.3. The lowest BCUT2D eigenvalue weighted by Gasteiger charge is -2.32. The molecule has 0 saturated carbocycles. The lowest BCUT2D eigenvalue weighted by molar-refractivity contribution is -0.126. The Labute approximate surface area is 201 Å². The molecule has 0 spiro atoms. The Morgan fingerprint density at radius 2 is 1.71 bits per heavy atom. The summed E-state index contributed by atoms with van der Waals surface area (Å²) >= 11 is 0. The van der Waals surface area contributed by atoms with Crippen LogP contribution in [-0.2, 0) is 17.8 Å². The van der Waals surface area contributed by atoms with E-state index in [1.807, 2.05) is 78.9 Å². The highest BCUT2D eigenvalue weighted by Gasteiger charge is 2.35. The molecule has 1 N–H and O–H groups in total. The molecule has 5 nitrogen and oxygen atoms in total. The van der Waals surface area contributed by atoms with E-state index in [0.717, 1.165) is 17.5 Å². The predicted molar refractivity (Wildman–Crippen MR) is 134 cm³/mol. The van der Waals surface area contributed by atoms with Gasteiger partial charge < -0.3 is 15.0 Å². The summed E-state index contributed by atoms with van der Waals surface area (Å²) in [7, 11) is 0. The van der Waals surface area contributed by atoms with Gasteiger partial charge >= 0.3 is 0 Å². The normalized spacial score (nSPS) is 15.4. The topological polar surface area (TPSA) is 58.6 Å². The molecular weight excluding hydrogens is 424 g/mol. The first-order valence-corrected chi connectivity index (χ1v) is 12.0. The molecule has 0 radical (unpaired) electrons. The van der Waals surface area contributed by atoms with Crippen LogP contribution in [0, 0.1) is 5.92 Å². The van der Waals surface area contributed by atoms with E-state index in [9.17, 15) is 9.59 Å². The van der Waals surface area contributed by atoms with Gasteiger partial charge in [0.25, 0.3) is 5.91 Å². The summed E-state index contributed by atoms with van der Waals surface area (Å²) < 4.78 is 6.16. The summed E-state index contributed by atoms with van der Waals surface area (Å²) in [5.41, 5.74) is 3.21. The number of fused-ring (bicyclic) bond motifs is 2. The van der Waals surface area contributed by atoms with E-state index >= 15 is 0 Å². The van der Waals surface area contributed by atoms with Crippen LogP contribution in [0.5, 0.6) is 5.75 Å². The molecule has 5 heteroatoms. The highest BCUT2D eigenvalue weighted by Crippen LogP contribution is 2.34. The van der Waals surface area contributed by atoms with Crippen LogP contribution in [-0.4, -0.2) is 29.8 Å². The molecule has 0 aliphatic carbocycles. The van der Waals surface area contributed by atoms with E-state index in [1.165, 1.54) is 0 Å². The second kappa shape index (κ2) is 11.0. The fraction of sp³-hybridized carbons (Fsp3) is 0.310. The second-order valence-corrected chi connectivity index (χ2v) is 9.09. The molecule has 0 saturated heterocycles. The van der Waals surface area contributed by atoms with E-state index < -0.39 is 6.04 Å². The van der Waals surface area contributed by atoms with Crippen LogP contribution >= 0.6 is 0 Å². The van der Waals surface area contributed by atoms with Crippen LogP contribution in [0.3, 0.4) is 0 Å². The van der Waals surface area contributed by atoms with Gasteiger partial charge in [-0.1, -0.05) is 80.6 Å². The van der Waals surface area contributed by atoms with Gasteiger partial charge in [-0.15, -0.1) is 0 Å². The number of ether oxygens (including phenoxy) is 1. The number of benzene rings is 3. The van der Waals surface area contributed by atoms with Gasteiger partial charge in [-0.25, -0.2) is 0 Å². The highest BCUT2D eigenvalue weighted by atomic mass is 16.5. The van der Waals surface area contributed by atoms with Gasteiger partial charge in [0, 0.05) is 29.8 Å². The molecule has 0 fully saturated rings. The summed E-state index contributed by atoms with van der Waals surface area (Å²) in [5.74, 6) is 0.758. The van der Waals surface area contributed by atoms with E-state index in [2.05, 4.69) is 19.2 Å². The third-order valence-electron chi connectivity index (χ3n) is 6.17. The van der Waals surface area contributed by atoms with E-state index in [-0.39, 0.29) is 18.4 Å². The van der Waals surface area contributed by atoms with Crippen molar-refractivity contribution < 1.29 is 14.3 Å². The lowest BCUT2D eigenvalue weighted by atomic mass is 10.00. The Hall–Kier alpha value is -3.60. The van der Waals surface area contributed by atoms with Gasteiger partial charge in [-0.2, -0.15) is 0 Å². The third kappa shape index (κ3) is 5.48. The first-order chi connectivity index (χ1) is 16.5. The van der Waals surface area contributed by atoms with Crippen LogP contribution in [0.2, 0.25) is 0 Å². The minimum atomic E-state index is -0.786. The molecule has 0 bridgehead atoms. The summed E-state index contributed by atoms with van der Waals surface area (Å²) in [6.45, 7) is 5.50. The van der Waals surface area contributed by atoms with Crippen molar-refractivity contribution in [3.05, 3.63) is 101 Å². The van der Waals surface area contributed by atoms with Crippen molar-refractivity contribution in [2.45, 2.75) is 39.3 Å². The number of rotatable bonds is 7. The van der Waals surface area contributed by atoms with Crippen molar-refractivity contribution in [1.82, 2.24) is 10.2 Å². The lowest BCUT2D eigenvalue weighted by Crippen LogP contribution is -2.45. The number of hydrogen-bond donors (Lipinski definition) is 1. The van der Waals surface area contributed by atoms with Gasteiger partial charge in [0.1, 0.15) is 18.4 Å². The van der Waals surface area contributed by atoms with Gasteiger partial charge in [-0.3, -0.25) is 9.59 Å². The molecule has 3 aromatic carbocycles. The molecule has 0 aromatic heterocycles. The van der Waals surface area contributed by atoms with Crippen LogP contribution in [0.1, 0.15) is 53.4 Å². The van der Waals surface area contributed by atoms with Gasteiger partial charge in [0.15, 0.2) is 0 Å². The number of para-hydroxylation sites is 1. The smallest absolute Gasteiger partial charge is 0.255 e. The van der Waals surface area contributed by atoms with Crippen molar-refractivity contribution in [2.75, 3.05) is 13.1 Å². The van der Waals surface area contributed by atoms with Crippen molar-refractivity contribution in [2.24, 2.45) is 5.92 Å². The number of carbonyl (C=O) groups excluding carboxylic acids is 2. The molecule has 3 aromatic rings. The molecule has 1 unspecified atom stereocenters. The van der Waals surface area contributed by atoms with Crippen molar-refractivity contribution in [1.29, 1.82) is 0 Å². The Morgan fingerprint density at radius 3 is 2.50 bits per heavy atom. The Kier molecular flexibility index (Phi) is 7.63. The first-order valence-electron chi connectivity index (χ1n) is 12.0. The fourth-order valence-corrected chi connectivity index (χ4v) is 4.28. The molecule has 1 atom stereocenters. The van der Waals surface area contributed by atoms with Crippen LogP contribution in [0.15, 0.2) is 78.9 Å². The van der Waals surface area contributed by atoms with E-state index in [0.29, 0.717) is 42.3 Å². The molecule has 1 aliphatic rings. The van der Waals surface area contributed by atoms with Gasteiger partial charge in [-0.05, 0) is 36.5 Å². The largest absolute Gasteiger partial charge is 0.489 e. The molecule has 176 valence electrons. The Morgan fingerprint density at radius 1 is 1.00 bits per heavy atom. The van der Waals surface area contributed by atoms with Crippen molar-refractivity contribution in [3.63, 3.8) is 0 Å². The molecule has 4 rings (SSSR count). The monoisotopic (exact) mass is 456 g/mol. The Balaban J connectivity index is 1.76. The molecular formula is C29H32N2O3. The van der Waals surface area contributed by atoms with Crippen molar-refractivity contribution >= 4 is 11.8 Å². The number of nitrogens with one attached hydrogen (secondary N) is 1. The standard InChI is InChI=1S/C29H32N2O3/c1-21(2)16-18-30-28(32)27-25-14-8-9-15-26(25)34-20-23-12-6-7-13-24(23)29(33)31(27)19-17-22-10-4-3-5-11-22/h3-15,21,27H,16-20H2,1-2H3,(H,30,32). The van der Waals surface area contributed by atoms with Gasteiger partial charge in [0.2, 0.25) is 5.91 Å². The fourth-order valence-electron chi connectivity index (χ4n) is 4.28. The van der Waals surface area contributed by atoms with E-state index in [4.69, 9.17) is 4.74 Å². The highest BCUT2D eigenvalue weighted by molar-refractivity contribution is 5.99. The minimum absolute atomic E-state index is 0.157. The third-order valence-corrected chi connectivity index (χ3v) is 6.17. The molecule has 1 heterocycles.